The van der Waals surface area contributed by atoms with E-state index in [1.54, 1.807) is 21.0 Å². The van der Waals surface area contributed by atoms with Crippen LogP contribution in [0.15, 0.2) is 30.3 Å². The smallest absolute Gasteiger partial charge is 0.237 e. The molecule has 5 heteroatoms. The lowest BCUT2D eigenvalue weighted by molar-refractivity contribution is -0.149. The van der Waals surface area contributed by atoms with Gasteiger partial charge in [0.1, 0.15) is 5.41 Å². The number of carbonyl (C=O) groups is 2. The zero-order chi connectivity index (χ0) is 18.3. The number of hydrogen-bond acceptors (Lipinski definition) is 3. The Balaban J connectivity index is 1.84. The normalized spacial score (nSPS) is 15.9. The van der Waals surface area contributed by atoms with Gasteiger partial charge in [-0.05, 0) is 44.6 Å². The van der Waals surface area contributed by atoms with Crippen LogP contribution in [-0.2, 0) is 20.7 Å². The summed E-state index contributed by atoms with van der Waals surface area (Å²) in [5.74, 6) is 0.284. The van der Waals surface area contributed by atoms with Crippen LogP contribution in [-0.4, -0.2) is 50.1 Å². The Bertz CT molecular complexity index is 564. The van der Waals surface area contributed by atoms with E-state index in [1.165, 1.54) is 5.56 Å². The Morgan fingerprint density at radius 2 is 1.84 bits per heavy atom. The summed E-state index contributed by atoms with van der Waals surface area (Å²) >= 11 is 0. The molecular weight excluding hydrogens is 316 g/mol. The fourth-order valence-corrected chi connectivity index (χ4v) is 3.27. The molecule has 1 aromatic rings. The first-order valence-corrected chi connectivity index (χ1v) is 9.05. The summed E-state index contributed by atoms with van der Waals surface area (Å²) in [6, 6.07) is 10.5. The predicted octanol–water partition coefficient (Wildman–Crippen LogP) is 2.26. The van der Waals surface area contributed by atoms with Crippen LogP contribution in [0.5, 0.6) is 0 Å². The highest BCUT2D eigenvalue weighted by Gasteiger charge is 2.39. The van der Waals surface area contributed by atoms with Gasteiger partial charge in [0.15, 0.2) is 0 Å². The molecule has 0 bridgehead atoms. The fraction of sp³-hybridized carbons (Fsp3) is 0.600. The molecule has 0 aliphatic carbocycles. The van der Waals surface area contributed by atoms with Crippen molar-refractivity contribution in [1.82, 2.24) is 10.2 Å². The summed E-state index contributed by atoms with van der Waals surface area (Å²) in [6.45, 7) is 5.73. The molecule has 1 saturated heterocycles. The molecule has 1 N–H and O–H groups in total. The van der Waals surface area contributed by atoms with Crippen molar-refractivity contribution in [2.45, 2.75) is 33.1 Å². The first-order valence-electron chi connectivity index (χ1n) is 9.05. The third-order valence-electron chi connectivity index (χ3n) is 4.96. The largest absolute Gasteiger partial charge is 0.383 e. The van der Waals surface area contributed by atoms with Crippen LogP contribution in [0.25, 0.3) is 0 Å². The second-order valence-electron chi connectivity index (χ2n) is 7.30. The third kappa shape index (κ3) is 5.30. The number of carbonyl (C=O) groups excluding carboxylic acids is 2. The van der Waals surface area contributed by atoms with Crippen molar-refractivity contribution >= 4 is 11.8 Å². The molecule has 1 aliphatic rings. The van der Waals surface area contributed by atoms with Gasteiger partial charge in [0.2, 0.25) is 11.8 Å². The quantitative estimate of drug-likeness (QED) is 0.608. The monoisotopic (exact) mass is 346 g/mol. The minimum Gasteiger partial charge on any atom is -0.383 e. The van der Waals surface area contributed by atoms with Gasteiger partial charge in [-0.1, -0.05) is 30.3 Å². The molecule has 1 fully saturated rings. The number of benzene rings is 1. The first kappa shape index (κ1) is 19.4. The summed E-state index contributed by atoms with van der Waals surface area (Å²) in [5.41, 5.74) is 0.310. The molecule has 25 heavy (non-hydrogen) atoms. The Kier molecular flexibility index (Phi) is 7.00. The standard InChI is InChI=1S/C20H30N2O3/c1-20(2,18(23)21-11-14-25-3)19(24)22-12-9-17(10-13-22)15-16-7-5-4-6-8-16/h4-8,17H,9-15H2,1-3H3,(H,21,23). The van der Waals surface area contributed by atoms with E-state index < -0.39 is 5.41 Å². The van der Waals surface area contributed by atoms with E-state index in [1.807, 2.05) is 11.0 Å². The molecule has 1 heterocycles. The Morgan fingerprint density at radius 1 is 1.20 bits per heavy atom. The number of rotatable bonds is 7. The van der Waals surface area contributed by atoms with Crippen LogP contribution in [0.2, 0.25) is 0 Å². The van der Waals surface area contributed by atoms with Gasteiger partial charge in [-0.15, -0.1) is 0 Å². The molecule has 0 aromatic heterocycles. The van der Waals surface area contributed by atoms with Gasteiger partial charge in [-0.2, -0.15) is 0 Å². The SMILES string of the molecule is COCCNC(=O)C(C)(C)C(=O)N1CCC(Cc2ccccc2)CC1. The van der Waals surface area contributed by atoms with E-state index in [2.05, 4.69) is 29.6 Å². The summed E-state index contributed by atoms with van der Waals surface area (Å²) in [6.07, 6.45) is 3.04. The summed E-state index contributed by atoms with van der Waals surface area (Å²) < 4.78 is 4.93. The number of nitrogens with one attached hydrogen (secondary N) is 1. The predicted molar refractivity (Wildman–Crippen MR) is 98.1 cm³/mol. The molecule has 1 aliphatic heterocycles. The van der Waals surface area contributed by atoms with Crippen molar-refractivity contribution < 1.29 is 14.3 Å². The average Bonchev–Trinajstić information content (AvgIpc) is 2.62. The first-order chi connectivity index (χ1) is 11.9. The van der Waals surface area contributed by atoms with Crippen LogP contribution in [0.3, 0.4) is 0 Å². The summed E-state index contributed by atoms with van der Waals surface area (Å²) in [7, 11) is 1.59. The van der Waals surface area contributed by atoms with E-state index in [9.17, 15) is 9.59 Å². The fourth-order valence-electron chi connectivity index (χ4n) is 3.27. The van der Waals surface area contributed by atoms with Crippen LogP contribution in [0.1, 0.15) is 32.3 Å². The van der Waals surface area contributed by atoms with Crippen molar-refractivity contribution in [2.75, 3.05) is 33.4 Å². The number of ether oxygens (including phenoxy) is 1. The highest BCUT2D eigenvalue weighted by Crippen LogP contribution is 2.26. The van der Waals surface area contributed by atoms with Crippen molar-refractivity contribution in [1.29, 1.82) is 0 Å². The van der Waals surface area contributed by atoms with Crippen molar-refractivity contribution in [2.24, 2.45) is 11.3 Å². The molecule has 0 atom stereocenters. The lowest BCUT2D eigenvalue weighted by Crippen LogP contribution is -2.52. The maximum absolute atomic E-state index is 12.8. The zero-order valence-corrected chi connectivity index (χ0v) is 15.6. The van der Waals surface area contributed by atoms with E-state index >= 15 is 0 Å². The number of methoxy groups -OCH3 is 1. The van der Waals surface area contributed by atoms with Gasteiger partial charge in [0, 0.05) is 26.7 Å². The molecule has 2 amide bonds. The molecular formula is C20H30N2O3. The minimum absolute atomic E-state index is 0.0828. The summed E-state index contributed by atoms with van der Waals surface area (Å²) in [5, 5.41) is 2.77. The Hall–Kier alpha value is -1.88. The number of nitrogens with zero attached hydrogens (tertiary/aromatic N) is 1. The molecule has 0 unspecified atom stereocenters. The highest BCUT2D eigenvalue weighted by molar-refractivity contribution is 6.04. The third-order valence-corrected chi connectivity index (χ3v) is 4.96. The van der Waals surface area contributed by atoms with Gasteiger partial charge in [0.25, 0.3) is 0 Å². The topological polar surface area (TPSA) is 58.6 Å². The maximum atomic E-state index is 12.8. The number of piperidine rings is 1. The Morgan fingerprint density at radius 3 is 2.44 bits per heavy atom. The number of likely N-dealkylation sites (tertiary alicyclic amines) is 1. The van der Waals surface area contributed by atoms with Gasteiger partial charge in [-0.3, -0.25) is 9.59 Å². The molecule has 5 nitrogen and oxygen atoms in total. The van der Waals surface area contributed by atoms with Crippen LogP contribution >= 0.6 is 0 Å². The van der Waals surface area contributed by atoms with E-state index in [4.69, 9.17) is 4.74 Å². The van der Waals surface area contributed by atoms with Crippen molar-refractivity contribution in [3.63, 3.8) is 0 Å². The van der Waals surface area contributed by atoms with E-state index in [-0.39, 0.29) is 11.8 Å². The zero-order valence-electron chi connectivity index (χ0n) is 15.6. The lowest BCUT2D eigenvalue weighted by Gasteiger charge is -2.36. The number of amides is 2. The second kappa shape index (κ2) is 8.99. The lowest BCUT2D eigenvalue weighted by atomic mass is 9.86. The molecule has 2 rings (SSSR count). The van der Waals surface area contributed by atoms with Crippen LogP contribution in [0.4, 0.5) is 0 Å². The molecule has 0 spiro atoms. The molecule has 138 valence electrons. The van der Waals surface area contributed by atoms with Crippen LogP contribution in [0, 0.1) is 11.3 Å². The van der Waals surface area contributed by atoms with E-state index in [0.29, 0.717) is 19.1 Å². The van der Waals surface area contributed by atoms with Gasteiger partial charge in [0.05, 0.1) is 6.61 Å². The maximum Gasteiger partial charge on any atom is 0.237 e. The van der Waals surface area contributed by atoms with Gasteiger partial charge < -0.3 is 15.0 Å². The Labute approximate surface area is 150 Å². The van der Waals surface area contributed by atoms with Crippen molar-refractivity contribution in [3.8, 4) is 0 Å². The molecule has 1 aromatic carbocycles. The summed E-state index contributed by atoms with van der Waals surface area (Å²) in [4.78, 5) is 27.0. The van der Waals surface area contributed by atoms with E-state index in [0.717, 1.165) is 32.4 Å². The van der Waals surface area contributed by atoms with Gasteiger partial charge in [-0.25, -0.2) is 0 Å². The average molecular weight is 346 g/mol. The molecule has 0 radical (unpaired) electrons. The van der Waals surface area contributed by atoms with Gasteiger partial charge >= 0.3 is 0 Å². The number of hydrogen-bond donors (Lipinski definition) is 1. The van der Waals surface area contributed by atoms with Crippen LogP contribution < -0.4 is 5.32 Å². The molecule has 0 saturated carbocycles. The highest BCUT2D eigenvalue weighted by atomic mass is 16.5. The minimum atomic E-state index is -1.04. The second-order valence-corrected chi connectivity index (χ2v) is 7.30. The van der Waals surface area contributed by atoms with Crippen molar-refractivity contribution in [3.05, 3.63) is 35.9 Å².